The van der Waals surface area contributed by atoms with E-state index in [0.29, 0.717) is 35.2 Å². The normalized spacial score (nSPS) is 11.5. The summed E-state index contributed by atoms with van der Waals surface area (Å²) in [5.74, 6) is -1.34. The number of aromatic amines is 1. The summed E-state index contributed by atoms with van der Waals surface area (Å²) in [6.07, 6.45) is -0.819. The van der Waals surface area contributed by atoms with Gasteiger partial charge in [0.15, 0.2) is 0 Å². The van der Waals surface area contributed by atoms with Crippen LogP contribution in [-0.2, 0) is 17.4 Å². The highest BCUT2D eigenvalue weighted by Crippen LogP contribution is 2.36. The number of hydrogen-bond donors (Lipinski definition) is 4. The van der Waals surface area contributed by atoms with E-state index in [9.17, 15) is 22.4 Å². The minimum atomic E-state index is -4.73. The molecule has 0 saturated heterocycles. The van der Waals surface area contributed by atoms with Crippen molar-refractivity contribution < 1.29 is 32.2 Å². The number of aliphatic hydroxyl groups is 1. The summed E-state index contributed by atoms with van der Waals surface area (Å²) >= 11 is 0. The van der Waals surface area contributed by atoms with Crippen molar-refractivity contribution in [2.75, 3.05) is 30.9 Å². The first-order valence-corrected chi connectivity index (χ1v) is 12.6. The zero-order valence-electron chi connectivity index (χ0n) is 22.1. The molecule has 0 fully saturated rings. The minimum Gasteiger partial charge on any atom is -0.481 e. The lowest BCUT2D eigenvalue weighted by Gasteiger charge is -2.13. The number of fused-ring (bicyclic) bond motifs is 1. The van der Waals surface area contributed by atoms with Crippen LogP contribution in [0.4, 0.5) is 29.1 Å². The van der Waals surface area contributed by atoms with Crippen LogP contribution in [0.25, 0.3) is 33.4 Å². The van der Waals surface area contributed by atoms with Crippen molar-refractivity contribution in [3.05, 3.63) is 84.1 Å². The van der Waals surface area contributed by atoms with Gasteiger partial charge in [-0.3, -0.25) is 4.79 Å². The van der Waals surface area contributed by atoms with Gasteiger partial charge in [-0.05, 0) is 47.5 Å². The van der Waals surface area contributed by atoms with Gasteiger partial charge in [0, 0.05) is 41.1 Å². The molecule has 5 rings (SSSR count). The summed E-state index contributed by atoms with van der Waals surface area (Å²) in [5.41, 5.74) is 2.16. The highest BCUT2D eigenvalue weighted by molar-refractivity contribution is 5.92. The molecule has 0 aliphatic rings. The van der Waals surface area contributed by atoms with Gasteiger partial charge in [0.2, 0.25) is 11.8 Å². The molecule has 0 saturated carbocycles. The van der Waals surface area contributed by atoms with E-state index >= 15 is 0 Å². The highest BCUT2D eigenvalue weighted by atomic mass is 19.4. The Morgan fingerprint density at radius 3 is 2.45 bits per heavy atom. The molecule has 1 amide bonds. The number of nitrogens with zero attached hydrogens (tertiary/aromatic N) is 3. The van der Waals surface area contributed by atoms with E-state index in [2.05, 4.69) is 35.3 Å². The van der Waals surface area contributed by atoms with Crippen LogP contribution in [0.15, 0.2) is 67.1 Å². The number of methoxy groups -OCH3 is 1. The molecule has 4 N–H and O–H groups in total. The van der Waals surface area contributed by atoms with Gasteiger partial charge in [-0.25, -0.2) is 19.3 Å². The smallest absolute Gasteiger partial charge is 0.421 e. The Labute approximate surface area is 236 Å². The third kappa shape index (κ3) is 6.31. The molecule has 0 radical (unpaired) electrons. The number of anilines is 2. The van der Waals surface area contributed by atoms with Crippen LogP contribution in [0.2, 0.25) is 0 Å². The zero-order chi connectivity index (χ0) is 29.9. The van der Waals surface area contributed by atoms with Gasteiger partial charge in [-0.2, -0.15) is 13.2 Å². The Morgan fingerprint density at radius 1 is 0.976 bits per heavy atom. The molecule has 4 aromatic heterocycles. The van der Waals surface area contributed by atoms with Gasteiger partial charge in [-0.15, -0.1) is 0 Å². The third-order valence-electron chi connectivity index (χ3n) is 6.33. The van der Waals surface area contributed by atoms with Gasteiger partial charge < -0.3 is 25.5 Å². The number of carbonyl (C=O) groups is 1. The second kappa shape index (κ2) is 11.8. The van der Waals surface area contributed by atoms with Gasteiger partial charge in [0.1, 0.15) is 22.8 Å². The van der Waals surface area contributed by atoms with E-state index in [1.165, 1.54) is 12.1 Å². The molecule has 0 atom stereocenters. The molecule has 1 aromatic carbocycles. The topological polar surface area (TPSA) is 125 Å². The van der Waals surface area contributed by atoms with Gasteiger partial charge in [0.05, 0.1) is 32.0 Å². The van der Waals surface area contributed by atoms with Crippen LogP contribution in [0.1, 0.15) is 11.1 Å². The summed E-state index contributed by atoms with van der Waals surface area (Å²) in [6.45, 7) is 0.396. The van der Waals surface area contributed by atoms with Crippen LogP contribution in [0.5, 0.6) is 5.88 Å². The average Bonchev–Trinajstić information content (AvgIpc) is 3.40. The lowest BCUT2D eigenvalue weighted by Crippen LogP contribution is -2.17. The van der Waals surface area contributed by atoms with Crippen LogP contribution < -0.4 is 15.4 Å². The number of pyridine rings is 3. The second-order valence-corrected chi connectivity index (χ2v) is 9.24. The second-order valence-electron chi connectivity index (χ2n) is 9.24. The SMILES string of the molecule is COc1ncc(NC(=O)Cc2ccc(-c3cnc4[nH]c(-c5ccc(NCCO)nc5)cc4c3)cc2F)cc1C(F)(F)F. The van der Waals surface area contributed by atoms with E-state index in [0.717, 1.165) is 30.0 Å². The van der Waals surface area contributed by atoms with E-state index < -0.39 is 35.8 Å². The standard InChI is InChI=1S/C29H24F4N6O3/c1-42-28-22(29(31,32)33)12-21(15-37-28)38-26(41)11-17-3-2-16(9-23(17)30)20-8-19-10-24(39-27(19)36-14-20)18-4-5-25(35-13-18)34-6-7-40/h2-5,8-10,12-15,40H,6-7,11H2,1H3,(H,34,35)(H,36,39)(H,38,41). The number of nitrogens with one attached hydrogen (secondary N) is 3. The number of carbonyl (C=O) groups excluding carboxylic acids is 1. The fourth-order valence-corrected chi connectivity index (χ4v) is 4.31. The molecule has 5 aromatic rings. The number of H-pyrrole nitrogens is 1. The molecular weight excluding hydrogens is 556 g/mol. The Morgan fingerprint density at radius 2 is 1.76 bits per heavy atom. The first-order chi connectivity index (χ1) is 20.1. The summed E-state index contributed by atoms with van der Waals surface area (Å²) in [6, 6.07) is 12.5. The van der Waals surface area contributed by atoms with Crippen molar-refractivity contribution in [3.8, 4) is 28.3 Å². The van der Waals surface area contributed by atoms with Gasteiger partial charge in [0.25, 0.3) is 0 Å². The number of halogens is 4. The minimum absolute atomic E-state index is 0.00103. The quantitative estimate of drug-likeness (QED) is 0.171. The predicted molar refractivity (Wildman–Crippen MR) is 148 cm³/mol. The lowest BCUT2D eigenvalue weighted by atomic mass is 10.0. The number of aromatic nitrogens is 4. The number of benzene rings is 1. The van der Waals surface area contributed by atoms with Gasteiger partial charge >= 0.3 is 6.18 Å². The van der Waals surface area contributed by atoms with E-state index in [4.69, 9.17) is 5.11 Å². The Bertz CT molecular complexity index is 1740. The fourth-order valence-electron chi connectivity index (χ4n) is 4.31. The van der Waals surface area contributed by atoms with Crippen LogP contribution in [0.3, 0.4) is 0 Å². The monoisotopic (exact) mass is 580 g/mol. The average molecular weight is 581 g/mol. The summed E-state index contributed by atoms with van der Waals surface area (Å²) in [4.78, 5) is 28.1. The molecule has 0 bridgehead atoms. The Balaban J connectivity index is 1.29. The van der Waals surface area contributed by atoms with E-state index in [1.807, 2.05) is 18.2 Å². The first kappa shape index (κ1) is 28.5. The number of amides is 1. The predicted octanol–water partition coefficient (Wildman–Crippen LogP) is 5.44. The lowest BCUT2D eigenvalue weighted by molar-refractivity contribution is -0.139. The maximum Gasteiger partial charge on any atom is 0.421 e. The number of hydrogen-bond acceptors (Lipinski definition) is 7. The van der Waals surface area contributed by atoms with Crippen molar-refractivity contribution in [2.45, 2.75) is 12.6 Å². The maximum absolute atomic E-state index is 15.0. The molecule has 9 nitrogen and oxygen atoms in total. The van der Waals surface area contributed by atoms with Crippen LogP contribution >= 0.6 is 0 Å². The third-order valence-corrected chi connectivity index (χ3v) is 6.33. The van der Waals surface area contributed by atoms with Crippen LogP contribution in [0, 0.1) is 5.82 Å². The zero-order valence-corrected chi connectivity index (χ0v) is 22.1. The molecule has 13 heteroatoms. The number of alkyl halides is 3. The van der Waals surface area contributed by atoms with Crippen molar-refractivity contribution in [1.29, 1.82) is 0 Å². The molecule has 216 valence electrons. The molecule has 0 unspecified atom stereocenters. The largest absolute Gasteiger partial charge is 0.481 e. The van der Waals surface area contributed by atoms with Crippen molar-refractivity contribution in [3.63, 3.8) is 0 Å². The van der Waals surface area contributed by atoms with Gasteiger partial charge in [-0.1, -0.05) is 12.1 Å². The fraction of sp³-hybridized carbons (Fsp3) is 0.172. The molecule has 0 aliphatic carbocycles. The number of aliphatic hydroxyl groups excluding tert-OH is 1. The van der Waals surface area contributed by atoms with Crippen molar-refractivity contribution in [2.24, 2.45) is 0 Å². The maximum atomic E-state index is 15.0. The van der Waals surface area contributed by atoms with Crippen LogP contribution in [-0.4, -0.2) is 51.2 Å². The molecule has 0 spiro atoms. The molecule has 42 heavy (non-hydrogen) atoms. The molecule has 0 aliphatic heterocycles. The van der Waals surface area contributed by atoms with E-state index in [-0.39, 0.29) is 17.9 Å². The highest BCUT2D eigenvalue weighted by Gasteiger charge is 2.35. The Hall–Kier alpha value is -5.04. The summed E-state index contributed by atoms with van der Waals surface area (Å²) in [5, 5.41) is 15.0. The first-order valence-electron chi connectivity index (χ1n) is 12.6. The van der Waals surface area contributed by atoms with Crippen molar-refractivity contribution in [1.82, 2.24) is 19.9 Å². The number of ether oxygens (including phenoxy) is 1. The molecular formula is C29H24F4N6O3. The number of rotatable bonds is 9. The molecule has 4 heterocycles. The summed E-state index contributed by atoms with van der Waals surface area (Å²) < 4.78 is 59.4. The summed E-state index contributed by atoms with van der Waals surface area (Å²) in [7, 11) is 1.06. The Kier molecular flexibility index (Phi) is 8.02. The van der Waals surface area contributed by atoms with Crippen molar-refractivity contribution >= 4 is 28.4 Å². The van der Waals surface area contributed by atoms with E-state index in [1.54, 1.807) is 24.5 Å².